The van der Waals surface area contributed by atoms with Gasteiger partial charge in [-0.05, 0) is 69.1 Å². The van der Waals surface area contributed by atoms with Crippen molar-refractivity contribution in [3.8, 4) is 0 Å². The monoisotopic (exact) mass is 1250 g/mol. The van der Waals surface area contributed by atoms with Gasteiger partial charge in [-0.2, -0.15) is 0 Å². The molecule has 0 saturated carbocycles. The van der Waals surface area contributed by atoms with Crippen LogP contribution in [-0.2, 0) is 65.4 Å². The van der Waals surface area contributed by atoms with E-state index in [-0.39, 0.29) is 25.7 Å². The lowest BCUT2D eigenvalue weighted by Gasteiger charge is -2.21. The van der Waals surface area contributed by atoms with Crippen molar-refractivity contribution < 1.29 is 80.2 Å². The lowest BCUT2D eigenvalue weighted by molar-refractivity contribution is -0.161. The summed E-state index contributed by atoms with van der Waals surface area (Å²) in [6.07, 6.45) is 41.4. The van der Waals surface area contributed by atoms with E-state index in [1.54, 1.807) is 0 Å². The van der Waals surface area contributed by atoms with Gasteiger partial charge in [-0.3, -0.25) is 37.3 Å². The minimum absolute atomic E-state index is 0.0832. The fourth-order valence-electron chi connectivity index (χ4n) is 9.26. The van der Waals surface area contributed by atoms with Crippen molar-refractivity contribution in [3.63, 3.8) is 0 Å². The second kappa shape index (κ2) is 56.8. The lowest BCUT2D eigenvalue weighted by atomic mass is 10.00. The van der Waals surface area contributed by atoms with E-state index in [9.17, 15) is 43.2 Å². The van der Waals surface area contributed by atoms with Crippen molar-refractivity contribution >= 4 is 39.5 Å². The van der Waals surface area contributed by atoms with Crippen LogP contribution in [0.15, 0.2) is 24.3 Å². The highest BCUT2D eigenvalue weighted by Crippen LogP contribution is 2.45. The first kappa shape index (κ1) is 82.5. The number of unbranched alkanes of at least 4 members (excludes halogenated alkanes) is 26. The first-order valence-electron chi connectivity index (χ1n) is 33.7. The summed E-state index contributed by atoms with van der Waals surface area (Å²) in [6.45, 7) is 11.6. The van der Waals surface area contributed by atoms with Gasteiger partial charge in [0.1, 0.15) is 19.3 Å². The molecule has 0 aromatic carbocycles. The summed E-state index contributed by atoms with van der Waals surface area (Å²) >= 11 is 0. The third-order valence-electron chi connectivity index (χ3n) is 14.9. The van der Waals surface area contributed by atoms with Crippen LogP contribution in [0.2, 0.25) is 0 Å². The van der Waals surface area contributed by atoms with Crippen molar-refractivity contribution in [1.82, 2.24) is 0 Å². The van der Waals surface area contributed by atoms with Gasteiger partial charge in [-0.1, -0.05) is 246 Å². The number of phosphoric acid groups is 2. The summed E-state index contributed by atoms with van der Waals surface area (Å²) in [7, 11) is -9.90. The summed E-state index contributed by atoms with van der Waals surface area (Å²) in [5.74, 6) is -0.0465. The van der Waals surface area contributed by atoms with E-state index < -0.39 is 97.5 Å². The minimum Gasteiger partial charge on any atom is -0.462 e. The molecular weight excluding hydrogens is 1130 g/mol. The standard InChI is InChI=1S/C66H124O17P2/c1-8-10-11-12-13-14-15-16-17-18-19-20-24-35-42-49-65(70)82-61(53-76-63(68)47-40-33-28-26-31-38-45-58(5)6)55-80-84(72,73)78-51-60(67)52-79-85(74,75)81-56-62(54-77-64(69)48-41-34-29-27-32-39-46-59(7)9-2)83-66(71)50-43-36-25-22-21-23-30-37-44-57(3)4/h14-17,57-62,67H,8-13,18-56H2,1-7H3,(H,72,73)(H,74,75)/b15-14-,17-16-/t59?,60-,61+,62+/m0/s1. The average molecular weight is 1250 g/mol. The Morgan fingerprint density at radius 2 is 0.694 bits per heavy atom. The molecule has 0 heterocycles. The zero-order valence-electron chi connectivity index (χ0n) is 54.5. The van der Waals surface area contributed by atoms with E-state index >= 15 is 0 Å². The van der Waals surface area contributed by atoms with Crippen molar-refractivity contribution in [3.05, 3.63) is 24.3 Å². The van der Waals surface area contributed by atoms with Gasteiger partial charge in [0.15, 0.2) is 12.2 Å². The zero-order chi connectivity index (χ0) is 63.1. The van der Waals surface area contributed by atoms with Crippen LogP contribution in [0.25, 0.3) is 0 Å². The average Bonchev–Trinajstić information content (AvgIpc) is 3.57. The molecule has 0 aliphatic heterocycles. The van der Waals surface area contributed by atoms with Crippen LogP contribution in [0.1, 0.15) is 299 Å². The molecule has 6 atom stereocenters. The number of esters is 4. The van der Waals surface area contributed by atoms with Crippen LogP contribution in [0.4, 0.5) is 0 Å². The normalized spacial score (nSPS) is 14.8. The Bertz CT molecular complexity index is 1780. The quantitative estimate of drug-likeness (QED) is 0.0169. The molecule has 17 nitrogen and oxygen atoms in total. The summed E-state index contributed by atoms with van der Waals surface area (Å²) < 4.78 is 68.0. The number of allylic oxidation sites excluding steroid dienone is 4. The fourth-order valence-corrected chi connectivity index (χ4v) is 10.8. The van der Waals surface area contributed by atoms with Crippen LogP contribution >= 0.6 is 15.6 Å². The Morgan fingerprint density at radius 3 is 1.05 bits per heavy atom. The number of carbonyl (C=O) groups is 4. The highest BCUT2D eigenvalue weighted by molar-refractivity contribution is 7.47. The molecule has 85 heavy (non-hydrogen) atoms. The zero-order valence-corrected chi connectivity index (χ0v) is 56.3. The molecule has 3 N–H and O–H groups in total. The van der Waals surface area contributed by atoms with Gasteiger partial charge in [-0.15, -0.1) is 0 Å². The third-order valence-corrected chi connectivity index (χ3v) is 16.8. The molecule has 3 unspecified atom stereocenters. The maximum atomic E-state index is 13.0. The summed E-state index contributed by atoms with van der Waals surface area (Å²) in [5, 5.41) is 10.5. The molecule has 0 fully saturated rings. The highest BCUT2D eigenvalue weighted by Gasteiger charge is 2.30. The predicted molar refractivity (Wildman–Crippen MR) is 340 cm³/mol. The molecule has 0 bridgehead atoms. The van der Waals surface area contributed by atoms with Gasteiger partial charge >= 0.3 is 39.5 Å². The Balaban J connectivity index is 5.28. The Hall–Kier alpha value is -2.46. The Kier molecular flexibility index (Phi) is 55.1. The Labute approximate surface area is 516 Å². The van der Waals surface area contributed by atoms with Crippen LogP contribution in [-0.4, -0.2) is 96.7 Å². The Morgan fingerprint density at radius 1 is 0.388 bits per heavy atom. The molecule has 19 heteroatoms. The van der Waals surface area contributed by atoms with E-state index in [0.29, 0.717) is 37.5 Å². The molecular formula is C66H124O17P2. The first-order valence-corrected chi connectivity index (χ1v) is 36.7. The highest BCUT2D eigenvalue weighted by atomic mass is 31.2. The number of hydrogen-bond donors (Lipinski definition) is 3. The molecule has 0 rings (SSSR count). The molecule has 0 aromatic heterocycles. The number of carbonyl (C=O) groups excluding carboxylic acids is 4. The molecule has 0 amide bonds. The lowest BCUT2D eigenvalue weighted by Crippen LogP contribution is -2.30. The number of rotatable bonds is 62. The van der Waals surface area contributed by atoms with Crippen molar-refractivity contribution in [2.75, 3.05) is 39.6 Å². The van der Waals surface area contributed by atoms with Crippen molar-refractivity contribution in [2.45, 2.75) is 317 Å². The molecule has 0 saturated heterocycles. The summed E-state index contributed by atoms with van der Waals surface area (Å²) in [4.78, 5) is 72.2. The van der Waals surface area contributed by atoms with Crippen LogP contribution in [0, 0.1) is 17.8 Å². The number of hydrogen-bond acceptors (Lipinski definition) is 15. The van der Waals surface area contributed by atoms with E-state index in [4.69, 9.17) is 37.0 Å². The molecule has 0 spiro atoms. The largest absolute Gasteiger partial charge is 0.472 e. The fraction of sp³-hybridized carbons (Fsp3) is 0.879. The van der Waals surface area contributed by atoms with Crippen LogP contribution < -0.4 is 0 Å². The smallest absolute Gasteiger partial charge is 0.462 e. The second-order valence-corrected chi connectivity index (χ2v) is 27.3. The topological polar surface area (TPSA) is 237 Å². The van der Waals surface area contributed by atoms with E-state index in [1.165, 1.54) is 83.5 Å². The van der Waals surface area contributed by atoms with Gasteiger partial charge in [0, 0.05) is 25.7 Å². The van der Waals surface area contributed by atoms with Crippen molar-refractivity contribution in [1.29, 1.82) is 0 Å². The molecule has 0 aliphatic carbocycles. The third kappa shape index (κ3) is 59.0. The minimum atomic E-state index is -4.95. The molecule has 0 radical (unpaired) electrons. The van der Waals surface area contributed by atoms with Gasteiger partial charge in [0.25, 0.3) is 0 Å². The first-order chi connectivity index (χ1) is 40.8. The van der Waals surface area contributed by atoms with Gasteiger partial charge < -0.3 is 33.8 Å². The van der Waals surface area contributed by atoms with E-state index in [2.05, 4.69) is 72.8 Å². The molecule has 0 aliphatic rings. The predicted octanol–water partition coefficient (Wildman–Crippen LogP) is 17.8. The van der Waals surface area contributed by atoms with Crippen molar-refractivity contribution in [2.24, 2.45) is 17.8 Å². The van der Waals surface area contributed by atoms with Gasteiger partial charge in [-0.25, -0.2) is 9.13 Å². The van der Waals surface area contributed by atoms with Gasteiger partial charge in [0.05, 0.1) is 26.4 Å². The number of aliphatic hydroxyl groups excluding tert-OH is 1. The second-order valence-electron chi connectivity index (χ2n) is 24.4. The summed E-state index contributed by atoms with van der Waals surface area (Å²) in [6, 6.07) is 0. The van der Waals surface area contributed by atoms with E-state index in [1.807, 2.05) is 0 Å². The van der Waals surface area contributed by atoms with Gasteiger partial charge in [0.2, 0.25) is 0 Å². The maximum absolute atomic E-state index is 13.0. The number of ether oxygens (including phenoxy) is 4. The molecule has 0 aromatic rings. The SMILES string of the molecule is CCCCCC/C=C\C=C/CCCCCCCC(=O)O[C@H](COC(=O)CCCCCCCCC(C)C)COP(=O)(O)OC[C@H](O)COP(=O)(O)OC[C@@H](COC(=O)CCCCCCCCC(C)CC)OC(=O)CCCCCCCCCCC(C)C. The van der Waals surface area contributed by atoms with Crippen LogP contribution in [0.3, 0.4) is 0 Å². The maximum Gasteiger partial charge on any atom is 0.472 e. The van der Waals surface area contributed by atoms with E-state index in [0.717, 1.165) is 121 Å². The molecule has 500 valence electrons. The number of phosphoric ester groups is 2. The summed E-state index contributed by atoms with van der Waals surface area (Å²) in [5.41, 5.74) is 0. The number of aliphatic hydroxyl groups is 1. The van der Waals surface area contributed by atoms with Crippen LogP contribution in [0.5, 0.6) is 0 Å².